The van der Waals surface area contributed by atoms with E-state index in [1.165, 1.54) is 0 Å². The maximum Gasteiger partial charge on any atom is 0.138 e. The molecule has 1 aliphatic rings. The van der Waals surface area contributed by atoms with Gasteiger partial charge in [0, 0.05) is 38.3 Å². The van der Waals surface area contributed by atoms with Crippen LogP contribution in [-0.4, -0.2) is 54.3 Å². The number of methoxy groups -OCH3 is 1. The van der Waals surface area contributed by atoms with Crippen LogP contribution in [0.25, 0.3) is 10.8 Å². The predicted octanol–water partition coefficient (Wildman–Crippen LogP) is 4.52. The van der Waals surface area contributed by atoms with Crippen LogP contribution in [-0.2, 0) is 4.74 Å². The first-order valence-corrected chi connectivity index (χ1v) is 10.2. The predicted molar refractivity (Wildman–Crippen MR) is 116 cm³/mol. The standard InChI is InChI=1S/C22H25ClN4O2/c1-28-13-12-27-10-7-18(8-11-27)29-19-3-4-20-16(14-19)6-9-24-22(20)26-17-2-5-21(23)25-15-17/h2-6,9,14-15,18H,7-8,10-13H2,1H3,(H,24,26). The highest BCUT2D eigenvalue weighted by atomic mass is 35.5. The maximum atomic E-state index is 6.26. The van der Waals surface area contributed by atoms with Crippen molar-refractivity contribution in [2.75, 3.05) is 38.7 Å². The van der Waals surface area contributed by atoms with Gasteiger partial charge in [0.1, 0.15) is 22.8 Å². The summed E-state index contributed by atoms with van der Waals surface area (Å²) in [5.74, 6) is 1.68. The average Bonchev–Trinajstić information content (AvgIpc) is 2.75. The van der Waals surface area contributed by atoms with E-state index in [2.05, 4.69) is 32.3 Å². The van der Waals surface area contributed by atoms with Crippen LogP contribution in [0.2, 0.25) is 5.15 Å². The van der Waals surface area contributed by atoms with E-state index in [9.17, 15) is 0 Å². The monoisotopic (exact) mass is 412 g/mol. The Hall–Kier alpha value is -2.41. The molecule has 3 aromatic rings. The van der Waals surface area contributed by atoms with E-state index in [1.807, 2.05) is 18.2 Å². The van der Waals surface area contributed by atoms with Gasteiger partial charge < -0.3 is 19.7 Å². The van der Waals surface area contributed by atoms with Gasteiger partial charge in [-0.05, 0) is 54.6 Å². The lowest BCUT2D eigenvalue weighted by Crippen LogP contribution is -2.39. The van der Waals surface area contributed by atoms with Crippen LogP contribution >= 0.6 is 11.6 Å². The van der Waals surface area contributed by atoms with Gasteiger partial charge in [0.05, 0.1) is 18.5 Å². The average molecular weight is 413 g/mol. The van der Waals surface area contributed by atoms with E-state index in [-0.39, 0.29) is 6.10 Å². The van der Waals surface area contributed by atoms with Gasteiger partial charge >= 0.3 is 0 Å². The molecule has 0 radical (unpaired) electrons. The Morgan fingerprint density at radius 2 is 2.00 bits per heavy atom. The molecule has 1 fully saturated rings. The number of piperidine rings is 1. The Kier molecular flexibility index (Phi) is 6.44. The second-order valence-electron chi connectivity index (χ2n) is 7.19. The van der Waals surface area contributed by atoms with Crippen molar-refractivity contribution in [1.29, 1.82) is 0 Å². The lowest BCUT2D eigenvalue weighted by molar-refractivity contribution is 0.0798. The van der Waals surface area contributed by atoms with Crippen molar-refractivity contribution in [3.63, 3.8) is 0 Å². The Morgan fingerprint density at radius 3 is 2.76 bits per heavy atom. The van der Waals surface area contributed by atoms with Crippen LogP contribution in [0.15, 0.2) is 48.8 Å². The molecule has 7 heteroatoms. The Morgan fingerprint density at radius 1 is 1.14 bits per heavy atom. The fourth-order valence-electron chi connectivity index (χ4n) is 3.58. The molecule has 1 N–H and O–H groups in total. The number of ether oxygens (including phenoxy) is 2. The lowest BCUT2D eigenvalue weighted by Gasteiger charge is -2.32. The number of hydrogen-bond acceptors (Lipinski definition) is 6. The molecule has 1 saturated heterocycles. The highest BCUT2D eigenvalue weighted by molar-refractivity contribution is 6.29. The van der Waals surface area contributed by atoms with Crippen LogP contribution < -0.4 is 10.1 Å². The third kappa shape index (κ3) is 5.15. The first-order chi connectivity index (χ1) is 14.2. The van der Waals surface area contributed by atoms with E-state index in [0.717, 1.165) is 67.1 Å². The van der Waals surface area contributed by atoms with E-state index in [4.69, 9.17) is 21.1 Å². The number of aromatic nitrogens is 2. The molecule has 6 nitrogen and oxygen atoms in total. The summed E-state index contributed by atoms with van der Waals surface area (Å²) in [6, 6.07) is 11.8. The number of pyridine rings is 2. The molecule has 4 rings (SSSR count). The van der Waals surface area contributed by atoms with Gasteiger partial charge in [0.2, 0.25) is 0 Å². The molecule has 0 bridgehead atoms. The minimum atomic E-state index is 0.255. The zero-order valence-electron chi connectivity index (χ0n) is 16.5. The Labute approximate surface area is 175 Å². The molecule has 152 valence electrons. The molecule has 1 aromatic carbocycles. The van der Waals surface area contributed by atoms with Crippen molar-refractivity contribution in [2.24, 2.45) is 0 Å². The van der Waals surface area contributed by atoms with Gasteiger partial charge in [-0.25, -0.2) is 9.97 Å². The van der Waals surface area contributed by atoms with Crippen LogP contribution in [0.1, 0.15) is 12.8 Å². The van der Waals surface area contributed by atoms with Crippen molar-refractivity contribution in [2.45, 2.75) is 18.9 Å². The third-order valence-corrected chi connectivity index (χ3v) is 5.40. The summed E-state index contributed by atoms with van der Waals surface area (Å²) in [6.45, 7) is 3.88. The molecule has 29 heavy (non-hydrogen) atoms. The molecule has 0 atom stereocenters. The summed E-state index contributed by atoms with van der Waals surface area (Å²) in [6.07, 6.45) is 5.82. The topological polar surface area (TPSA) is 59.5 Å². The van der Waals surface area contributed by atoms with Gasteiger partial charge in [-0.15, -0.1) is 0 Å². The third-order valence-electron chi connectivity index (χ3n) is 5.18. The summed E-state index contributed by atoms with van der Waals surface area (Å²) in [5, 5.41) is 5.89. The van der Waals surface area contributed by atoms with E-state index < -0.39 is 0 Å². The fourth-order valence-corrected chi connectivity index (χ4v) is 3.69. The van der Waals surface area contributed by atoms with Gasteiger partial charge in [-0.3, -0.25) is 0 Å². The van der Waals surface area contributed by atoms with Crippen molar-refractivity contribution in [3.05, 3.63) is 53.9 Å². The zero-order chi connectivity index (χ0) is 20.1. The van der Waals surface area contributed by atoms with Crippen LogP contribution in [0.3, 0.4) is 0 Å². The van der Waals surface area contributed by atoms with Crippen LogP contribution in [0.4, 0.5) is 11.5 Å². The molecule has 0 amide bonds. The van der Waals surface area contributed by atoms with E-state index in [1.54, 1.807) is 25.6 Å². The molecule has 3 heterocycles. The van der Waals surface area contributed by atoms with Crippen molar-refractivity contribution in [1.82, 2.24) is 14.9 Å². The first-order valence-electron chi connectivity index (χ1n) is 9.86. The van der Waals surface area contributed by atoms with Gasteiger partial charge in [0.25, 0.3) is 0 Å². The van der Waals surface area contributed by atoms with Gasteiger partial charge in [0.15, 0.2) is 0 Å². The summed E-state index contributed by atoms with van der Waals surface area (Å²) >= 11 is 5.86. The number of hydrogen-bond donors (Lipinski definition) is 1. The summed E-state index contributed by atoms with van der Waals surface area (Å²) < 4.78 is 11.4. The minimum Gasteiger partial charge on any atom is -0.490 e. The SMILES string of the molecule is COCCN1CCC(Oc2ccc3c(Nc4ccc(Cl)nc4)nccc3c2)CC1. The normalized spacial score (nSPS) is 15.5. The summed E-state index contributed by atoms with van der Waals surface area (Å²) in [4.78, 5) is 11.0. The van der Waals surface area contributed by atoms with Crippen LogP contribution in [0, 0.1) is 0 Å². The Bertz CT molecular complexity index is 943. The quantitative estimate of drug-likeness (QED) is 0.576. The minimum absolute atomic E-state index is 0.255. The molecule has 0 unspecified atom stereocenters. The zero-order valence-corrected chi connectivity index (χ0v) is 17.2. The number of likely N-dealkylation sites (tertiary alicyclic amines) is 1. The van der Waals surface area contributed by atoms with Gasteiger partial charge in [-0.2, -0.15) is 0 Å². The number of fused-ring (bicyclic) bond motifs is 1. The molecular formula is C22H25ClN4O2. The maximum absolute atomic E-state index is 6.26. The molecule has 2 aromatic heterocycles. The number of benzene rings is 1. The highest BCUT2D eigenvalue weighted by Crippen LogP contribution is 2.29. The Balaban J connectivity index is 1.43. The largest absolute Gasteiger partial charge is 0.490 e. The molecule has 0 spiro atoms. The smallest absolute Gasteiger partial charge is 0.138 e. The number of nitrogens with one attached hydrogen (secondary N) is 1. The van der Waals surface area contributed by atoms with Crippen molar-refractivity contribution >= 4 is 33.9 Å². The molecule has 1 aliphatic heterocycles. The van der Waals surface area contributed by atoms with Crippen molar-refractivity contribution in [3.8, 4) is 5.75 Å². The number of nitrogens with zero attached hydrogens (tertiary/aromatic N) is 3. The molecule has 0 saturated carbocycles. The number of rotatable bonds is 7. The number of anilines is 2. The highest BCUT2D eigenvalue weighted by Gasteiger charge is 2.20. The van der Waals surface area contributed by atoms with E-state index >= 15 is 0 Å². The summed E-state index contributed by atoms with van der Waals surface area (Å²) in [5.41, 5.74) is 0.843. The van der Waals surface area contributed by atoms with Crippen LogP contribution in [0.5, 0.6) is 5.75 Å². The fraction of sp³-hybridized carbons (Fsp3) is 0.364. The lowest BCUT2D eigenvalue weighted by atomic mass is 10.1. The van der Waals surface area contributed by atoms with Gasteiger partial charge in [-0.1, -0.05) is 11.6 Å². The second-order valence-corrected chi connectivity index (χ2v) is 7.58. The molecule has 0 aliphatic carbocycles. The first kappa shape index (κ1) is 19.9. The van der Waals surface area contributed by atoms with Crippen molar-refractivity contribution < 1.29 is 9.47 Å². The van der Waals surface area contributed by atoms with E-state index in [0.29, 0.717) is 5.15 Å². The summed E-state index contributed by atoms with van der Waals surface area (Å²) in [7, 11) is 1.75. The second kappa shape index (κ2) is 9.39. The number of halogens is 1. The molecular weight excluding hydrogens is 388 g/mol.